The lowest BCUT2D eigenvalue weighted by molar-refractivity contribution is -0.134. The number of rotatable bonds is 7. The van der Waals surface area contributed by atoms with E-state index in [0.717, 1.165) is 23.1 Å². The zero-order chi connectivity index (χ0) is 28.9. The largest absolute Gasteiger partial charge is 0.508 e. The number of amides is 1. The van der Waals surface area contributed by atoms with Crippen molar-refractivity contribution < 1.29 is 28.7 Å². The first-order chi connectivity index (χ1) is 18.7. The maximum absolute atomic E-state index is 13.0. The molecule has 3 aromatic rings. The minimum Gasteiger partial charge on any atom is -0.508 e. The van der Waals surface area contributed by atoms with E-state index in [1.807, 2.05) is 32.9 Å². The maximum Gasteiger partial charge on any atom is 0.300 e. The van der Waals surface area contributed by atoms with Crippen molar-refractivity contribution in [1.29, 1.82) is 0 Å². The van der Waals surface area contributed by atoms with Crippen LogP contribution < -0.4 is 20.1 Å². The van der Waals surface area contributed by atoms with Gasteiger partial charge in [0.05, 0.1) is 23.3 Å². The number of carboxylic acid groups (broad SMARTS) is 1. The van der Waals surface area contributed by atoms with E-state index in [1.165, 1.54) is 30.6 Å². The first kappa shape index (κ1) is 31.1. The number of aryl methyl sites for hydroxylation is 1. The first-order valence-electron chi connectivity index (χ1n) is 11.9. The van der Waals surface area contributed by atoms with Crippen LogP contribution in [0.4, 0.5) is 10.8 Å². The molecule has 0 spiro atoms. The Labute approximate surface area is 234 Å². The Morgan fingerprint density at radius 3 is 2.41 bits per heavy atom. The molecular formula is C27H32N4O6S2. The van der Waals surface area contributed by atoms with Crippen LogP contribution in [0.2, 0.25) is 0 Å². The second-order valence-electron chi connectivity index (χ2n) is 7.60. The number of methoxy groups -OCH3 is 1. The Kier molecular flexibility index (Phi) is 12.2. The van der Waals surface area contributed by atoms with Crippen LogP contribution in [0.15, 0.2) is 71.3 Å². The highest BCUT2D eigenvalue weighted by Gasteiger charge is 2.18. The summed E-state index contributed by atoms with van der Waals surface area (Å²) in [4.78, 5) is 27.3. The Bertz CT molecular complexity index is 1360. The van der Waals surface area contributed by atoms with Gasteiger partial charge in [0, 0.05) is 25.4 Å². The third-order valence-corrected chi connectivity index (χ3v) is 7.03. The molecule has 2 aromatic carbocycles. The molecule has 0 bridgehead atoms. The summed E-state index contributed by atoms with van der Waals surface area (Å²) in [6.07, 6.45) is 5.31. The Morgan fingerprint density at radius 1 is 1.15 bits per heavy atom. The number of carbonyl (C=O) groups excluding carboxylic acids is 1. The van der Waals surface area contributed by atoms with Crippen molar-refractivity contribution in [1.82, 2.24) is 10.3 Å². The van der Waals surface area contributed by atoms with Gasteiger partial charge >= 0.3 is 0 Å². The number of dihydropyridines is 1. The van der Waals surface area contributed by atoms with Crippen LogP contribution >= 0.6 is 11.3 Å². The number of phenols is 1. The van der Waals surface area contributed by atoms with E-state index in [9.17, 15) is 14.1 Å². The Morgan fingerprint density at radius 2 is 1.82 bits per heavy atom. The van der Waals surface area contributed by atoms with Gasteiger partial charge < -0.3 is 25.0 Å². The van der Waals surface area contributed by atoms with Crippen LogP contribution in [0.1, 0.15) is 26.5 Å². The topological polar surface area (TPSA) is 150 Å². The summed E-state index contributed by atoms with van der Waals surface area (Å²) in [5.41, 5.74) is 2.67. The number of nitrogens with zero attached hydrogens (tertiary/aromatic N) is 1. The number of nitrogens with one attached hydrogen (secondary N) is 3. The maximum atomic E-state index is 13.0. The van der Waals surface area contributed by atoms with Crippen LogP contribution in [-0.2, 0) is 20.6 Å². The van der Waals surface area contributed by atoms with Gasteiger partial charge in [-0.15, -0.1) is 0 Å². The minimum atomic E-state index is -1.61. The molecule has 1 unspecified atom stereocenters. The molecule has 39 heavy (non-hydrogen) atoms. The van der Waals surface area contributed by atoms with Crippen LogP contribution in [0, 0.1) is 6.92 Å². The normalized spacial score (nSPS) is 12.3. The highest BCUT2D eigenvalue weighted by Crippen LogP contribution is 2.36. The predicted octanol–water partition coefficient (Wildman–Crippen LogP) is 5.07. The molecule has 208 valence electrons. The number of carbonyl (C=O) groups is 2. The Hall–Kier alpha value is -4.16. The summed E-state index contributed by atoms with van der Waals surface area (Å²) < 4.78 is 21.4. The number of hydrogen-bond acceptors (Lipinski definition) is 8. The van der Waals surface area contributed by atoms with Gasteiger partial charge in [-0.2, -0.15) is 0 Å². The van der Waals surface area contributed by atoms with Crippen molar-refractivity contribution in [3.63, 3.8) is 0 Å². The highest BCUT2D eigenvalue weighted by molar-refractivity contribution is 7.86. The van der Waals surface area contributed by atoms with Crippen molar-refractivity contribution in [3.8, 4) is 21.9 Å². The van der Waals surface area contributed by atoms with Crippen molar-refractivity contribution >= 4 is 45.0 Å². The van der Waals surface area contributed by atoms with Crippen LogP contribution in [0.3, 0.4) is 0 Å². The molecule has 0 saturated heterocycles. The van der Waals surface area contributed by atoms with Gasteiger partial charge in [0.1, 0.15) is 16.4 Å². The fourth-order valence-electron chi connectivity index (χ4n) is 3.15. The summed E-state index contributed by atoms with van der Waals surface area (Å²) in [6, 6.07) is 11.7. The molecule has 1 aliphatic heterocycles. The number of hydrogen-bond donors (Lipinski definition) is 5. The molecule has 1 aliphatic rings. The second kappa shape index (κ2) is 15.3. The molecule has 1 aromatic heterocycles. The van der Waals surface area contributed by atoms with Gasteiger partial charge in [-0.3, -0.25) is 14.9 Å². The number of carboxylic acids is 1. The smallest absolute Gasteiger partial charge is 0.300 e. The van der Waals surface area contributed by atoms with Crippen molar-refractivity contribution in [3.05, 3.63) is 72.1 Å². The zero-order valence-electron chi connectivity index (χ0n) is 22.3. The van der Waals surface area contributed by atoms with Crippen molar-refractivity contribution in [2.75, 3.05) is 23.7 Å². The molecule has 0 radical (unpaired) electrons. The Balaban J connectivity index is 0.000000815. The standard InChI is InChI=1S/C23H22N4O4S2.C2H4O2.C2H6/c1-14-21(32-23(25-14)26-22(29)16-4-3-11-24-13-16)15-5-10-19(31-2)20(12-15)33(30)27-17-6-8-18(28)9-7-17;1-2(3)4;1-2/h3-10,12-13,24,27-28H,11H2,1-2H3,(H,25,26,29);1H3,(H,3,4);1-2H3. The molecule has 0 aliphatic carbocycles. The monoisotopic (exact) mass is 572 g/mol. The fraction of sp³-hybridized carbons (Fsp3) is 0.222. The molecule has 10 nitrogen and oxygen atoms in total. The molecule has 5 N–H and O–H groups in total. The number of aromatic hydroxyl groups is 1. The molecular weight excluding hydrogens is 540 g/mol. The van der Waals surface area contributed by atoms with Crippen LogP contribution in [-0.4, -0.2) is 44.9 Å². The average Bonchev–Trinajstić information content (AvgIpc) is 3.30. The van der Waals surface area contributed by atoms with E-state index >= 15 is 0 Å². The lowest BCUT2D eigenvalue weighted by atomic mass is 10.1. The third-order valence-electron chi connectivity index (χ3n) is 4.77. The number of anilines is 2. The molecule has 1 atom stereocenters. The number of aliphatic carboxylic acids is 1. The van der Waals surface area contributed by atoms with Gasteiger partial charge in [0.15, 0.2) is 16.1 Å². The summed E-state index contributed by atoms with van der Waals surface area (Å²) in [5.74, 6) is -0.475. The number of ether oxygens (including phenoxy) is 1. The molecule has 4 rings (SSSR count). The summed E-state index contributed by atoms with van der Waals surface area (Å²) in [6.45, 7) is 7.64. The SMILES string of the molecule is CC.CC(=O)O.COc1ccc(-c2sc(NC(=O)C3=CNCC=C3)nc2C)cc1S(=O)Nc1ccc(O)cc1. The van der Waals surface area contributed by atoms with Crippen molar-refractivity contribution in [2.45, 2.75) is 32.6 Å². The summed E-state index contributed by atoms with van der Waals surface area (Å²) in [5, 5.41) is 23.2. The van der Waals surface area contributed by atoms with E-state index in [1.54, 1.807) is 36.5 Å². The predicted molar refractivity (Wildman–Crippen MR) is 155 cm³/mol. The quantitative estimate of drug-likeness (QED) is 0.246. The molecule has 0 fully saturated rings. The summed E-state index contributed by atoms with van der Waals surface area (Å²) >= 11 is 1.34. The van der Waals surface area contributed by atoms with Gasteiger partial charge in [-0.1, -0.05) is 37.3 Å². The molecule has 2 heterocycles. The van der Waals surface area contributed by atoms with Gasteiger partial charge in [0.25, 0.3) is 11.9 Å². The number of benzene rings is 2. The number of phenolic OH excluding ortho intramolecular Hbond substituents is 1. The summed E-state index contributed by atoms with van der Waals surface area (Å²) in [7, 11) is -0.0941. The van der Waals surface area contributed by atoms with Gasteiger partial charge in [-0.05, 0) is 55.0 Å². The number of thiazole rings is 1. The van der Waals surface area contributed by atoms with Gasteiger partial charge in [-0.25, -0.2) is 9.19 Å². The van der Waals surface area contributed by atoms with Gasteiger partial charge in [0.2, 0.25) is 0 Å². The highest BCUT2D eigenvalue weighted by atomic mass is 32.2. The van der Waals surface area contributed by atoms with Crippen LogP contribution in [0.25, 0.3) is 10.4 Å². The van der Waals surface area contributed by atoms with Crippen LogP contribution in [0.5, 0.6) is 11.5 Å². The molecule has 0 saturated carbocycles. The van der Waals surface area contributed by atoms with Crippen molar-refractivity contribution in [2.24, 2.45) is 0 Å². The van der Waals surface area contributed by atoms with E-state index in [-0.39, 0.29) is 11.7 Å². The van der Waals surface area contributed by atoms with E-state index in [2.05, 4.69) is 20.3 Å². The molecule has 1 amide bonds. The zero-order valence-corrected chi connectivity index (χ0v) is 23.9. The number of aromatic nitrogens is 1. The van der Waals surface area contributed by atoms with E-state index < -0.39 is 17.0 Å². The minimum absolute atomic E-state index is 0.126. The van der Waals surface area contributed by atoms with E-state index in [4.69, 9.17) is 14.6 Å². The average molecular weight is 573 g/mol. The fourth-order valence-corrected chi connectivity index (χ4v) is 5.14. The second-order valence-corrected chi connectivity index (χ2v) is 9.78. The molecule has 12 heteroatoms. The third kappa shape index (κ3) is 9.27. The first-order valence-corrected chi connectivity index (χ1v) is 13.9. The van der Waals surface area contributed by atoms with E-state index in [0.29, 0.717) is 33.6 Å². The lowest BCUT2D eigenvalue weighted by Gasteiger charge is -2.12. The lowest BCUT2D eigenvalue weighted by Crippen LogP contribution is -2.19.